The normalized spacial score (nSPS) is 9.85. The van der Waals surface area contributed by atoms with Gasteiger partial charge in [-0.15, -0.1) is 0 Å². The molecule has 0 radical (unpaired) electrons. The third kappa shape index (κ3) is 3.19. The maximum absolute atomic E-state index is 12.1. The van der Waals surface area contributed by atoms with E-state index in [1.165, 1.54) is 12.3 Å². The number of rotatable bonds is 4. The van der Waals surface area contributed by atoms with Gasteiger partial charge in [0.1, 0.15) is 11.8 Å². The first kappa shape index (κ1) is 14.2. The van der Waals surface area contributed by atoms with Gasteiger partial charge in [0.2, 0.25) is 0 Å². The summed E-state index contributed by atoms with van der Waals surface area (Å²) in [6, 6.07) is 9.10. The first-order valence-corrected chi connectivity index (χ1v) is 6.86. The highest BCUT2D eigenvalue weighted by atomic mass is 79.9. The first-order chi connectivity index (χ1) is 9.63. The number of aromatic nitrogens is 1. The number of nitrogens with one attached hydrogen (secondary N) is 3. The average molecular weight is 333 g/mol. The van der Waals surface area contributed by atoms with E-state index in [1.807, 2.05) is 31.2 Å². The molecule has 2 rings (SSSR count). The van der Waals surface area contributed by atoms with E-state index in [0.717, 1.165) is 16.7 Å². The van der Waals surface area contributed by atoms with Crippen molar-refractivity contribution in [3.63, 3.8) is 0 Å². The Kier molecular flexibility index (Phi) is 4.43. The molecule has 6 heteroatoms. The molecule has 0 unspecified atom stereocenters. The fourth-order valence-electron chi connectivity index (χ4n) is 1.74. The van der Waals surface area contributed by atoms with Crippen molar-refractivity contribution in [2.45, 2.75) is 6.92 Å². The van der Waals surface area contributed by atoms with Crippen LogP contribution in [0.15, 0.2) is 34.9 Å². The zero-order valence-corrected chi connectivity index (χ0v) is 12.4. The summed E-state index contributed by atoms with van der Waals surface area (Å²) in [6.45, 7) is 2.74. The van der Waals surface area contributed by atoms with Crippen LogP contribution in [0.25, 0.3) is 0 Å². The molecule has 0 atom stereocenters. The summed E-state index contributed by atoms with van der Waals surface area (Å²) in [7, 11) is 0. The lowest BCUT2D eigenvalue weighted by Gasteiger charge is -2.12. The zero-order valence-electron chi connectivity index (χ0n) is 10.8. The van der Waals surface area contributed by atoms with Gasteiger partial charge < -0.3 is 15.6 Å². The summed E-state index contributed by atoms with van der Waals surface area (Å²) in [4.78, 5) is 14.9. The number of nitriles is 1. The molecule has 0 bridgehead atoms. The fourth-order valence-corrected chi connectivity index (χ4v) is 2.11. The Morgan fingerprint density at radius 3 is 2.85 bits per heavy atom. The second-order valence-electron chi connectivity index (χ2n) is 4.09. The molecule has 0 saturated heterocycles. The zero-order chi connectivity index (χ0) is 14.5. The van der Waals surface area contributed by atoms with Gasteiger partial charge in [0.05, 0.1) is 16.9 Å². The number of halogens is 1. The molecule has 2 aromatic rings. The molecule has 20 heavy (non-hydrogen) atoms. The van der Waals surface area contributed by atoms with Crippen molar-refractivity contribution >= 4 is 33.2 Å². The Hall–Kier alpha value is -2.26. The van der Waals surface area contributed by atoms with Crippen molar-refractivity contribution < 1.29 is 4.79 Å². The van der Waals surface area contributed by atoms with Crippen LogP contribution in [0.2, 0.25) is 0 Å². The third-order valence-electron chi connectivity index (χ3n) is 2.65. The molecule has 5 nitrogen and oxygen atoms in total. The van der Waals surface area contributed by atoms with Crippen LogP contribution in [-0.4, -0.2) is 17.4 Å². The summed E-state index contributed by atoms with van der Waals surface area (Å²) in [5.74, 6) is -0.288. The molecule has 1 amide bonds. The van der Waals surface area contributed by atoms with E-state index in [-0.39, 0.29) is 5.91 Å². The number of benzene rings is 1. The van der Waals surface area contributed by atoms with Gasteiger partial charge in [-0.1, -0.05) is 15.9 Å². The molecule has 0 aliphatic carbocycles. The van der Waals surface area contributed by atoms with Crippen molar-refractivity contribution in [2.75, 3.05) is 17.2 Å². The van der Waals surface area contributed by atoms with Gasteiger partial charge in [0.15, 0.2) is 0 Å². The molecule has 1 aromatic heterocycles. The molecule has 0 saturated carbocycles. The van der Waals surface area contributed by atoms with E-state index in [2.05, 4.69) is 31.5 Å². The van der Waals surface area contributed by atoms with Gasteiger partial charge in [0.25, 0.3) is 5.91 Å². The monoisotopic (exact) mass is 332 g/mol. The Morgan fingerprint density at radius 2 is 2.20 bits per heavy atom. The number of hydrogen-bond acceptors (Lipinski definition) is 3. The number of aromatic amines is 1. The van der Waals surface area contributed by atoms with Gasteiger partial charge in [-0.05, 0) is 31.2 Å². The molecular weight excluding hydrogens is 320 g/mol. The lowest BCUT2D eigenvalue weighted by molar-refractivity contribution is 0.102. The van der Waals surface area contributed by atoms with Crippen molar-refractivity contribution in [1.29, 1.82) is 5.26 Å². The number of carbonyl (C=O) groups is 1. The molecule has 102 valence electrons. The second kappa shape index (κ2) is 6.26. The SMILES string of the molecule is CCNc1ccc(Br)cc1NC(=O)c1cc(C#N)c[nH]1. The van der Waals surface area contributed by atoms with Gasteiger partial charge in [0, 0.05) is 17.2 Å². The van der Waals surface area contributed by atoms with Crippen LogP contribution in [0.4, 0.5) is 11.4 Å². The summed E-state index contributed by atoms with van der Waals surface area (Å²) >= 11 is 3.38. The number of anilines is 2. The van der Waals surface area contributed by atoms with Crippen molar-refractivity contribution in [3.05, 3.63) is 46.2 Å². The van der Waals surface area contributed by atoms with E-state index in [4.69, 9.17) is 5.26 Å². The minimum Gasteiger partial charge on any atom is -0.384 e. The topological polar surface area (TPSA) is 80.7 Å². The van der Waals surface area contributed by atoms with E-state index in [9.17, 15) is 4.79 Å². The average Bonchev–Trinajstić information content (AvgIpc) is 2.91. The van der Waals surface area contributed by atoms with Gasteiger partial charge in [-0.3, -0.25) is 4.79 Å². The summed E-state index contributed by atoms with van der Waals surface area (Å²) < 4.78 is 0.874. The predicted molar refractivity (Wildman–Crippen MR) is 81.8 cm³/mol. The molecule has 0 aliphatic rings. The Morgan fingerprint density at radius 1 is 1.40 bits per heavy atom. The second-order valence-corrected chi connectivity index (χ2v) is 5.00. The van der Waals surface area contributed by atoms with Crippen LogP contribution in [0.1, 0.15) is 23.0 Å². The standard InChI is InChI=1S/C14H13BrN4O/c1-2-17-11-4-3-10(15)6-12(11)19-14(20)13-5-9(7-16)8-18-13/h3-6,8,17-18H,2H2,1H3,(H,19,20). The van der Waals surface area contributed by atoms with E-state index >= 15 is 0 Å². The molecular formula is C14H13BrN4O. The number of hydrogen-bond donors (Lipinski definition) is 3. The summed E-state index contributed by atoms with van der Waals surface area (Å²) in [6.07, 6.45) is 1.50. The van der Waals surface area contributed by atoms with Crippen LogP contribution in [-0.2, 0) is 0 Å². The summed E-state index contributed by atoms with van der Waals surface area (Å²) in [5, 5.41) is 14.8. The Balaban J connectivity index is 2.22. The van der Waals surface area contributed by atoms with Crippen molar-refractivity contribution in [3.8, 4) is 6.07 Å². The van der Waals surface area contributed by atoms with Crippen molar-refractivity contribution in [2.24, 2.45) is 0 Å². The molecule has 1 aromatic carbocycles. The molecule has 0 fully saturated rings. The highest BCUT2D eigenvalue weighted by Gasteiger charge is 2.11. The first-order valence-electron chi connectivity index (χ1n) is 6.07. The lowest BCUT2D eigenvalue weighted by Crippen LogP contribution is -2.14. The van der Waals surface area contributed by atoms with Crippen LogP contribution in [0.5, 0.6) is 0 Å². The van der Waals surface area contributed by atoms with Gasteiger partial charge >= 0.3 is 0 Å². The van der Waals surface area contributed by atoms with Gasteiger partial charge in [-0.25, -0.2) is 0 Å². The quantitative estimate of drug-likeness (QED) is 0.803. The van der Waals surface area contributed by atoms with E-state index in [0.29, 0.717) is 16.9 Å². The maximum Gasteiger partial charge on any atom is 0.272 e. The van der Waals surface area contributed by atoms with Crippen molar-refractivity contribution in [1.82, 2.24) is 4.98 Å². The summed E-state index contributed by atoms with van der Waals surface area (Å²) in [5.41, 5.74) is 2.30. The fraction of sp³-hybridized carbons (Fsp3) is 0.143. The predicted octanol–water partition coefficient (Wildman–Crippen LogP) is 3.33. The van der Waals surface area contributed by atoms with Crippen LogP contribution < -0.4 is 10.6 Å². The highest BCUT2D eigenvalue weighted by molar-refractivity contribution is 9.10. The largest absolute Gasteiger partial charge is 0.384 e. The molecule has 0 spiro atoms. The highest BCUT2D eigenvalue weighted by Crippen LogP contribution is 2.26. The third-order valence-corrected chi connectivity index (χ3v) is 3.15. The van der Waals surface area contributed by atoms with Crippen LogP contribution in [0, 0.1) is 11.3 Å². The smallest absolute Gasteiger partial charge is 0.272 e. The molecule has 3 N–H and O–H groups in total. The van der Waals surface area contributed by atoms with E-state index < -0.39 is 0 Å². The lowest BCUT2D eigenvalue weighted by atomic mass is 10.2. The number of nitrogens with zero attached hydrogens (tertiary/aromatic N) is 1. The van der Waals surface area contributed by atoms with Crippen LogP contribution >= 0.6 is 15.9 Å². The molecule has 0 aliphatic heterocycles. The van der Waals surface area contributed by atoms with Gasteiger partial charge in [-0.2, -0.15) is 5.26 Å². The number of amides is 1. The minimum absolute atomic E-state index is 0.288. The molecule has 1 heterocycles. The number of H-pyrrole nitrogens is 1. The Labute approximate surface area is 125 Å². The van der Waals surface area contributed by atoms with Crippen LogP contribution in [0.3, 0.4) is 0 Å². The minimum atomic E-state index is -0.288. The maximum atomic E-state index is 12.1. The Bertz CT molecular complexity index is 672. The number of carbonyl (C=O) groups excluding carboxylic acids is 1. The van der Waals surface area contributed by atoms with E-state index in [1.54, 1.807) is 0 Å².